The van der Waals surface area contributed by atoms with Crippen molar-refractivity contribution < 1.29 is 14.0 Å². The van der Waals surface area contributed by atoms with Crippen LogP contribution in [0, 0.1) is 0 Å². The van der Waals surface area contributed by atoms with Crippen LogP contribution in [-0.4, -0.2) is 48.9 Å². The molecule has 1 fully saturated rings. The Morgan fingerprint density at radius 2 is 2.04 bits per heavy atom. The van der Waals surface area contributed by atoms with E-state index in [0.717, 1.165) is 25.9 Å². The number of likely N-dealkylation sites (tertiary alicyclic amines) is 1. The van der Waals surface area contributed by atoms with Crippen LogP contribution in [0.2, 0.25) is 0 Å². The third-order valence-electron chi connectivity index (χ3n) is 3.51. The number of carbonyl (C=O) groups excluding carboxylic acids is 2. The van der Waals surface area contributed by atoms with E-state index >= 15 is 0 Å². The second-order valence-corrected chi connectivity index (χ2v) is 5.27. The van der Waals surface area contributed by atoms with Crippen LogP contribution in [0.25, 0.3) is 0 Å². The molecule has 0 unspecified atom stereocenters. The summed E-state index contributed by atoms with van der Waals surface area (Å²) < 4.78 is 5.29. The second kappa shape index (κ2) is 8.21. The maximum Gasteiger partial charge on any atom is 0.284 e. The Kier molecular flexibility index (Phi) is 6.02. The molecule has 2 rings (SSSR count). The van der Waals surface area contributed by atoms with Gasteiger partial charge in [-0.2, -0.15) is 0 Å². The first kappa shape index (κ1) is 16.9. The van der Waals surface area contributed by atoms with Crippen LogP contribution < -0.4 is 16.4 Å². The number of hydrogen-bond donors (Lipinski definition) is 3. The molecule has 0 spiro atoms. The van der Waals surface area contributed by atoms with E-state index in [1.165, 1.54) is 6.07 Å². The Balaban J connectivity index is 1.87. The Morgan fingerprint density at radius 3 is 2.65 bits per heavy atom. The molecule has 0 atom stereocenters. The predicted molar refractivity (Wildman–Crippen MR) is 85.9 cm³/mol. The van der Waals surface area contributed by atoms with Crippen LogP contribution >= 0.6 is 0 Å². The highest BCUT2D eigenvalue weighted by Gasteiger charge is 2.17. The predicted octanol–water partition coefficient (Wildman–Crippen LogP) is 0.0560. The van der Waals surface area contributed by atoms with Crippen molar-refractivity contribution in [3.63, 3.8) is 0 Å². The molecule has 1 aromatic heterocycles. The van der Waals surface area contributed by atoms with Gasteiger partial charge in [0.1, 0.15) is 12.3 Å². The number of nitrogens with zero attached hydrogens (tertiary/aromatic N) is 2. The number of primary amides is 1. The van der Waals surface area contributed by atoms with Gasteiger partial charge in [-0.3, -0.25) is 9.59 Å². The van der Waals surface area contributed by atoms with E-state index in [2.05, 4.69) is 15.6 Å². The molecule has 1 saturated heterocycles. The summed E-state index contributed by atoms with van der Waals surface area (Å²) in [4.78, 5) is 29.1. The summed E-state index contributed by atoms with van der Waals surface area (Å²) in [5, 5.41) is 6.12. The minimum atomic E-state index is -0.604. The standard InChI is InChI=1S/C15H23N5O3/c1-2-17-15(19-10-13(21)20-7-3-4-8-20)18-9-11-5-6-12(23-11)14(16)22/h5-6H,2-4,7-10H2,1H3,(H2,16,22)(H2,17,18,19). The molecule has 0 aliphatic carbocycles. The largest absolute Gasteiger partial charge is 0.454 e. The summed E-state index contributed by atoms with van der Waals surface area (Å²) in [6.45, 7) is 4.71. The summed E-state index contributed by atoms with van der Waals surface area (Å²) in [7, 11) is 0. The van der Waals surface area contributed by atoms with Gasteiger partial charge in [-0.1, -0.05) is 0 Å². The van der Waals surface area contributed by atoms with Gasteiger partial charge in [-0.15, -0.1) is 0 Å². The zero-order valence-electron chi connectivity index (χ0n) is 13.3. The molecule has 8 heteroatoms. The molecule has 0 saturated carbocycles. The van der Waals surface area contributed by atoms with Gasteiger partial charge in [0.05, 0.1) is 6.54 Å². The highest BCUT2D eigenvalue weighted by atomic mass is 16.3. The highest BCUT2D eigenvalue weighted by Crippen LogP contribution is 2.08. The van der Waals surface area contributed by atoms with E-state index in [9.17, 15) is 9.59 Å². The molecule has 4 N–H and O–H groups in total. The van der Waals surface area contributed by atoms with Gasteiger partial charge < -0.3 is 25.7 Å². The van der Waals surface area contributed by atoms with Gasteiger partial charge in [0.25, 0.3) is 5.91 Å². The monoisotopic (exact) mass is 321 g/mol. The second-order valence-electron chi connectivity index (χ2n) is 5.27. The van der Waals surface area contributed by atoms with Gasteiger partial charge >= 0.3 is 0 Å². The summed E-state index contributed by atoms with van der Waals surface area (Å²) in [5.41, 5.74) is 5.14. The van der Waals surface area contributed by atoms with Crippen LogP contribution in [0.1, 0.15) is 36.1 Å². The average molecular weight is 321 g/mol. The van der Waals surface area contributed by atoms with Crippen molar-refractivity contribution >= 4 is 17.8 Å². The summed E-state index contributed by atoms with van der Waals surface area (Å²) in [5.74, 6) is 0.641. The van der Waals surface area contributed by atoms with Crippen LogP contribution in [0.5, 0.6) is 0 Å². The number of guanidine groups is 1. The van der Waals surface area contributed by atoms with E-state index in [0.29, 0.717) is 24.8 Å². The number of amides is 2. The molecule has 0 bridgehead atoms. The zero-order chi connectivity index (χ0) is 16.7. The number of aliphatic imine (C=N–C) groups is 1. The SMILES string of the molecule is CCNC(=NCC(=O)N1CCCC1)NCc1ccc(C(N)=O)o1. The quantitative estimate of drug-likeness (QED) is 0.506. The summed E-state index contributed by atoms with van der Waals surface area (Å²) in [6.07, 6.45) is 2.13. The lowest BCUT2D eigenvalue weighted by Crippen LogP contribution is -2.38. The first-order valence-corrected chi connectivity index (χ1v) is 7.78. The van der Waals surface area contributed by atoms with Crippen molar-refractivity contribution in [2.45, 2.75) is 26.3 Å². The molecule has 0 aromatic carbocycles. The normalized spacial score (nSPS) is 14.8. The van der Waals surface area contributed by atoms with E-state index in [1.54, 1.807) is 6.07 Å². The maximum atomic E-state index is 12.0. The Hall–Kier alpha value is -2.51. The van der Waals surface area contributed by atoms with Crippen LogP contribution in [-0.2, 0) is 11.3 Å². The summed E-state index contributed by atoms with van der Waals surface area (Å²) in [6, 6.07) is 3.20. The lowest BCUT2D eigenvalue weighted by Gasteiger charge is -2.14. The molecule has 126 valence electrons. The maximum absolute atomic E-state index is 12.0. The zero-order valence-corrected chi connectivity index (χ0v) is 13.3. The van der Waals surface area contributed by atoms with Crippen molar-refractivity contribution in [2.75, 3.05) is 26.2 Å². The first-order valence-electron chi connectivity index (χ1n) is 7.78. The topological polar surface area (TPSA) is 113 Å². The Labute approximate surface area is 135 Å². The number of furan rings is 1. The lowest BCUT2D eigenvalue weighted by molar-refractivity contribution is -0.128. The average Bonchev–Trinajstić information content (AvgIpc) is 3.20. The van der Waals surface area contributed by atoms with Crippen molar-refractivity contribution in [3.8, 4) is 0 Å². The minimum absolute atomic E-state index is 0.0358. The first-order chi connectivity index (χ1) is 11.1. The van der Waals surface area contributed by atoms with Gasteiger partial charge in [0.15, 0.2) is 11.7 Å². The van der Waals surface area contributed by atoms with Crippen molar-refractivity contribution in [2.24, 2.45) is 10.7 Å². The molecule has 1 aromatic rings. The molecule has 1 aliphatic rings. The third kappa shape index (κ3) is 5.01. The Morgan fingerprint density at radius 1 is 1.30 bits per heavy atom. The number of hydrogen-bond acceptors (Lipinski definition) is 4. The molecule has 2 amide bonds. The number of rotatable bonds is 6. The van der Waals surface area contributed by atoms with Gasteiger partial charge in [-0.25, -0.2) is 4.99 Å². The van der Waals surface area contributed by atoms with Crippen molar-refractivity contribution in [1.29, 1.82) is 0 Å². The fourth-order valence-electron chi connectivity index (χ4n) is 2.33. The van der Waals surface area contributed by atoms with Crippen LogP contribution in [0.15, 0.2) is 21.5 Å². The van der Waals surface area contributed by atoms with E-state index < -0.39 is 5.91 Å². The van der Waals surface area contributed by atoms with E-state index in [1.807, 2.05) is 11.8 Å². The Bertz CT molecular complexity index is 575. The van der Waals surface area contributed by atoms with Crippen molar-refractivity contribution in [3.05, 3.63) is 23.7 Å². The van der Waals surface area contributed by atoms with Crippen LogP contribution in [0.3, 0.4) is 0 Å². The molecule has 0 radical (unpaired) electrons. The molecule has 23 heavy (non-hydrogen) atoms. The smallest absolute Gasteiger partial charge is 0.284 e. The lowest BCUT2D eigenvalue weighted by atomic mass is 10.4. The third-order valence-corrected chi connectivity index (χ3v) is 3.51. The van der Waals surface area contributed by atoms with Gasteiger partial charge in [-0.05, 0) is 31.9 Å². The molecular formula is C15H23N5O3. The molecule has 2 heterocycles. The molecule has 1 aliphatic heterocycles. The van der Waals surface area contributed by atoms with Gasteiger partial charge in [0.2, 0.25) is 5.91 Å². The number of nitrogens with one attached hydrogen (secondary N) is 2. The minimum Gasteiger partial charge on any atom is -0.454 e. The fourth-order valence-corrected chi connectivity index (χ4v) is 2.33. The van der Waals surface area contributed by atoms with E-state index in [4.69, 9.17) is 10.2 Å². The number of carbonyl (C=O) groups is 2. The van der Waals surface area contributed by atoms with Crippen molar-refractivity contribution in [1.82, 2.24) is 15.5 Å². The molecular weight excluding hydrogens is 298 g/mol. The van der Waals surface area contributed by atoms with Crippen LogP contribution in [0.4, 0.5) is 0 Å². The fraction of sp³-hybridized carbons (Fsp3) is 0.533. The van der Waals surface area contributed by atoms with E-state index in [-0.39, 0.29) is 18.2 Å². The summed E-state index contributed by atoms with van der Waals surface area (Å²) >= 11 is 0. The number of nitrogens with two attached hydrogens (primary N) is 1. The van der Waals surface area contributed by atoms with Gasteiger partial charge in [0, 0.05) is 19.6 Å². The molecule has 8 nitrogen and oxygen atoms in total. The highest BCUT2D eigenvalue weighted by molar-refractivity contribution is 5.90.